The van der Waals surface area contributed by atoms with Crippen LogP contribution in [-0.4, -0.2) is 4.37 Å². The Balaban J connectivity index is 1.98. The molecule has 14 heavy (non-hydrogen) atoms. The van der Waals surface area contributed by atoms with Crippen molar-refractivity contribution in [1.29, 1.82) is 0 Å². The second-order valence-electron chi connectivity index (χ2n) is 3.14. The predicted octanol–water partition coefficient (Wildman–Crippen LogP) is 3.03. The standard InChI is InChI=1S/C11H11NOS/c1-9-3-2-4-10(5-9)7-13-11-6-12-14-8-11/h2-6,8H,7H2,1H3. The van der Waals surface area contributed by atoms with E-state index in [-0.39, 0.29) is 0 Å². The van der Waals surface area contributed by atoms with Gasteiger partial charge in [0.15, 0.2) is 5.75 Å². The van der Waals surface area contributed by atoms with Crippen LogP contribution in [0.5, 0.6) is 5.75 Å². The Morgan fingerprint density at radius 1 is 1.43 bits per heavy atom. The van der Waals surface area contributed by atoms with Gasteiger partial charge in [0.1, 0.15) is 6.61 Å². The molecule has 0 aliphatic heterocycles. The van der Waals surface area contributed by atoms with Gasteiger partial charge in [0.05, 0.1) is 11.6 Å². The van der Waals surface area contributed by atoms with E-state index in [0.717, 1.165) is 5.75 Å². The lowest BCUT2D eigenvalue weighted by molar-refractivity contribution is 0.307. The first kappa shape index (κ1) is 9.21. The van der Waals surface area contributed by atoms with Gasteiger partial charge in [-0.2, -0.15) is 4.37 Å². The van der Waals surface area contributed by atoms with Crippen molar-refractivity contribution in [2.45, 2.75) is 13.5 Å². The molecule has 0 amide bonds. The van der Waals surface area contributed by atoms with E-state index in [1.807, 2.05) is 11.4 Å². The third kappa shape index (κ3) is 2.33. The minimum absolute atomic E-state index is 0.611. The molecule has 0 bridgehead atoms. The van der Waals surface area contributed by atoms with Gasteiger partial charge in [-0.05, 0) is 24.0 Å². The van der Waals surface area contributed by atoms with Crippen molar-refractivity contribution in [3.63, 3.8) is 0 Å². The molecule has 0 saturated heterocycles. The Morgan fingerprint density at radius 3 is 3.07 bits per heavy atom. The van der Waals surface area contributed by atoms with Gasteiger partial charge in [-0.15, -0.1) is 0 Å². The average Bonchev–Trinajstić information content (AvgIpc) is 2.67. The predicted molar refractivity (Wildman–Crippen MR) is 57.6 cm³/mol. The lowest BCUT2D eigenvalue weighted by Gasteiger charge is -2.03. The molecule has 0 radical (unpaired) electrons. The van der Waals surface area contributed by atoms with Crippen molar-refractivity contribution in [1.82, 2.24) is 4.37 Å². The molecule has 1 heterocycles. The number of hydrogen-bond donors (Lipinski definition) is 0. The summed E-state index contributed by atoms with van der Waals surface area (Å²) in [7, 11) is 0. The highest BCUT2D eigenvalue weighted by molar-refractivity contribution is 7.03. The summed E-state index contributed by atoms with van der Waals surface area (Å²) in [6, 6.07) is 8.31. The van der Waals surface area contributed by atoms with Crippen molar-refractivity contribution in [3.05, 3.63) is 47.0 Å². The Hall–Kier alpha value is -1.35. The maximum Gasteiger partial charge on any atom is 0.150 e. The van der Waals surface area contributed by atoms with Crippen LogP contribution in [-0.2, 0) is 6.61 Å². The zero-order chi connectivity index (χ0) is 9.80. The van der Waals surface area contributed by atoms with E-state index in [0.29, 0.717) is 6.61 Å². The molecule has 0 fully saturated rings. The molecule has 0 unspecified atom stereocenters. The molecule has 0 saturated carbocycles. The van der Waals surface area contributed by atoms with E-state index < -0.39 is 0 Å². The maximum atomic E-state index is 5.53. The molecule has 3 heteroatoms. The van der Waals surface area contributed by atoms with Crippen molar-refractivity contribution in [2.75, 3.05) is 0 Å². The van der Waals surface area contributed by atoms with Crippen molar-refractivity contribution in [2.24, 2.45) is 0 Å². The normalized spacial score (nSPS) is 10.1. The van der Waals surface area contributed by atoms with Crippen LogP contribution >= 0.6 is 11.5 Å². The van der Waals surface area contributed by atoms with Crippen LogP contribution in [0.1, 0.15) is 11.1 Å². The second kappa shape index (κ2) is 4.24. The van der Waals surface area contributed by atoms with Crippen LogP contribution in [0, 0.1) is 6.92 Å². The van der Waals surface area contributed by atoms with Gasteiger partial charge in [0, 0.05) is 0 Å². The van der Waals surface area contributed by atoms with E-state index in [2.05, 4.69) is 29.5 Å². The summed E-state index contributed by atoms with van der Waals surface area (Å²) in [5.41, 5.74) is 2.45. The Kier molecular flexibility index (Phi) is 2.79. The summed E-state index contributed by atoms with van der Waals surface area (Å²) in [6.45, 7) is 2.69. The summed E-state index contributed by atoms with van der Waals surface area (Å²) in [6.07, 6.45) is 1.74. The van der Waals surface area contributed by atoms with E-state index in [9.17, 15) is 0 Å². The van der Waals surface area contributed by atoms with Gasteiger partial charge in [-0.3, -0.25) is 0 Å². The highest BCUT2D eigenvalue weighted by Gasteiger charge is 1.96. The number of benzene rings is 1. The van der Waals surface area contributed by atoms with Crippen LogP contribution in [0.2, 0.25) is 0 Å². The Bertz CT molecular complexity index is 397. The largest absolute Gasteiger partial charge is 0.486 e. The van der Waals surface area contributed by atoms with Crippen LogP contribution in [0.3, 0.4) is 0 Å². The SMILES string of the molecule is Cc1cccc(COc2cnsc2)c1. The third-order valence-electron chi connectivity index (χ3n) is 1.90. The first-order valence-corrected chi connectivity index (χ1v) is 5.26. The monoisotopic (exact) mass is 205 g/mol. The minimum atomic E-state index is 0.611. The summed E-state index contributed by atoms with van der Waals surface area (Å²) in [5, 5.41) is 1.90. The quantitative estimate of drug-likeness (QED) is 0.768. The zero-order valence-corrected chi connectivity index (χ0v) is 8.75. The van der Waals surface area contributed by atoms with Crippen LogP contribution < -0.4 is 4.74 Å². The van der Waals surface area contributed by atoms with Gasteiger partial charge in [0.25, 0.3) is 0 Å². The first-order chi connectivity index (χ1) is 6.84. The van der Waals surface area contributed by atoms with E-state index in [4.69, 9.17) is 4.74 Å². The molecule has 72 valence electrons. The molecule has 0 atom stereocenters. The zero-order valence-electron chi connectivity index (χ0n) is 7.93. The number of nitrogens with zero attached hydrogens (tertiary/aromatic N) is 1. The van der Waals surface area contributed by atoms with Crippen LogP contribution in [0.25, 0.3) is 0 Å². The number of rotatable bonds is 3. The van der Waals surface area contributed by atoms with Gasteiger partial charge < -0.3 is 4.74 Å². The van der Waals surface area contributed by atoms with Crippen LogP contribution in [0.4, 0.5) is 0 Å². The van der Waals surface area contributed by atoms with Gasteiger partial charge in [-0.1, -0.05) is 29.8 Å². The summed E-state index contributed by atoms with van der Waals surface area (Å²) >= 11 is 1.40. The van der Waals surface area contributed by atoms with Crippen molar-refractivity contribution >= 4 is 11.5 Å². The Morgan fingerprint density at radius 2 is 2.36 bits per heavy atom. The second-order valence-corrected chi connectivity index (χ2v) is 3.80. The molecule has 2 aromatic rings. The van der Waals surface area contributed by atoms with Crippen LogP contribution in [0.15, 0.2) is 35.8 Å². The van der Waals surface area contributed by atoms with Gasteiger partial charge in [-0.25, -0.2) is 0 Å². The fourth-order valence-electron chi connectivity index (χ4n) is 1.24. The lowest BCUT2D eigenvalue weighted by atomic mass is 10.1. The molecule has 1 aromatic carbocycles. The number of aromatic nitrogens is 1. The fourth-order valence-corrected chi connectivity index (χ4v) is 1.69. The lowest BCUT2D eigenvalue weighted by Crippen LogP contribution is -1.94. The number of aryl methyl sites for hydroxylation is 1. The minimum Gasteiger partial charge on any atom is -0.486 e. The maximum absolute atomic E-state index is 5.53. The molecule has 0 aliphatic carbocycles. The van der Waals surface area contributed by atoms with Crippen molar-refractivity contribution in [3.8, 4) is 5.75 Å². The molecular formula is C11H11NOS. The van der Waals surface area contributed by atoms with Crippen molar-refractivity contribution < 1.29 is 4.74 Å². The van der Waals surface area contributed by atoms with E-state index in [1.54, 1.807) is 6.20 Å². The average molecular weight is 205 g/mol. The van der Waals surface area contributed by atoms with E-state index >= 15 is 0 Å². The summed E-state index contributed by atoms with van der Waals surface area (Å²) in [5.74, 6) is 0.844. The molecule has 2 rings (SSSR count). The molecule has 2 nitrogen and oxygen atoms in total. The highest BCUT2D eigenvalue weighted by Crippen LogP contribution is 2.14. The Labute approximate surface area is 87.3 Å². The molecule has 1 aromatic heterocycles. The summed E-state index contributed by atoms with van der Waals surface area (Å²) < 4.78 is 9.50. The number of ether oxygens (including phenoxy) is 1. The van der Waals surface area contributed by atoms with Gasteiger partial charge >= 0.3 is 0 Å². The topological polar surface area (TPSA) is 22.1 Å². The third-order valence-corrected chi connectivity index (χ3v) is 2.46. The molecule has 0 N–H and O–H groups in total. The fraction of sp³-hybridized carbons (Fsp3) is 0.182. The highest BCUT2D eigenvalue weighted by atomic mass is 32.1. The molecule has 0 spiro atoms. The van der Waals surface area contributed by atoms with Gasteiger partial charge in [0.2, 0.25) is 0 Å². The first-order valence-electron chi connectivity index (χ1n) is 4.42. The molecular weight excluding hydrogens is 194 g/mol. The smallest absolute Gasteiger partial charge is 0.150 e. The number of hydrogen-bond acceptors (Lipinski definition) is 3. The van der Waals surface area contributed by atoms with E-state index in [1.165, 1.54) is 22.7 Å². The molecule has 0 aliphatic rings. The summed E-state index contributed by atoms with van der Waals surface area (Å²) in [4.78, 5) is 0.